The third-order valence-electron chi connectivity index (χ3n) is 6.43. The number of thioether (sulfide) groups is 1. The van der Waals surface area contributed by atoms with E-state index in [0.29, 0.717) is 28.2 Å². The number of rotatable bonds is 13. The van der Waals surface area contributed by atoms with Crippen molar-refractivity contribution in [2.45, 2.75) is 34.0 Å². The Morgan fingerprint density at radius 1 is 0.708 bits per heavy atom. The van der Waals surface area contributed by atoms with Gasteiger partial charge in [-0.25, -0.2) is 26.3 Å². The predicted molar refractivity (Wildman–Crippen MR) is 181 cm³/mol. The Morgan fingerprint density at radius 2 is 1.17 bits per heavy atom. The van der Waals surface area contributed by atoms with Gasteiger partial charge in [0.15, 0.2) is 11.6 Å². The molecule has 0 fully saturated rings. The predicted octanol–water partition coefficient (Wildman–Crippen LogP) is 5.32. The highest BCUT2D eigenvalue weighted by Gasteiger charge is 2.29. The van der Waals surface area contributed by atoms with Crippen molar-refractivity contribution in [2.24, 2.45) is 10.2 Å². The van der Waals surface area contributed by atoms with Crippen LogP contribution in [-0.4, -0.2) is 57.8 Å². The molecule has 0 unspecified atom stereocenters. The molecule has 0 saturated carbocycles. The maximum absolute atomic E-state index is 12.9. The Kier molecular flexibility index (Phi) is 11.4. The number of hydrazone groups is 2. The Bertz CT molecular complexity index is 1930. The first-order valence-corrected chi connectivity index (χ1v) is 17.6. The van der Waals surface area contributed by atoms with Gasteiger partial charge in [0.1, 0.15) is 0 Å². The van der Waals surface area contributed by atoms with Gasteiger partial charge in [0.25, 0.3) is 0 Å². The number of alkyl halides is 3. The Morgan fingerprint density at radius 3 is 1.58 bits per heavy atom. The van der Waals surface area contributed by atoms with Crippen molar-refractivity contribution in [3.8, 4) is 0 Å². The zero-order valence-electron chi connectivity index (χ0n) is 25.8. The molecule has 0 spiro atoms. The molecule has 0 saturated heterocycles. The Hall–Kier alpha value is -4.56. The van der Waals surface area contributed by atoms with Gasteiger partial charge in [-0.1, -0.05) is 30.3 Å². The van der Waals surface area contributed by atoms with E-state index in [9.17, 15) is 30.0 Å². The SMILES string of the molecule is CNS(=O)(=O)c1ccc(C(C)=NNc2cc(NN=C(C)c3ccc(S(=O)(=O)NC)cc3)nc(Nc3cccc(SC(F)(F)F)c3)n2)cc1. The Balaban J connectivity index is 1.62. The lowest BCUT2D eigenvalue weighted by molar-refractivity contribution is -0.0328. The highest BCUT2D eigenvalue weighted by atomic mass is 32.2. The summed E-state index contributed by atoms with van der Waals surface area (Å²) < 4.78 is 91.5. The van der Waals surface area contributed by atoms with Crippen molar-refractivity contribution in [1.82, 2.24) is 19.4 Å². The molecular formula is C29H30F3N9O4S3. The second kappa shape index (κ2) is 15.1. The lowest BCUT2D eigenvalue weighted by Crippen LogP contribution is -2.18. The van der Waals surface area contributed by atoms with Crippen molar-refractivity contribution in [3.05, 3.63) is 90.0 Å². The number of halogens is 3. The van der Waals surface area contributed by atoms with Crippen LogP contribution >= 0.6 is 11.8 Å². The van der Waals surface area contributed by atoms with Gasteiger partial charge in [-0.3, -0.25) is 10.9 Å². The molecule has 1 heterocycles. The monoisotopic (exact) mass is 721 g/mol. The van der Waals surface area contributed by atoms with Gasteiger partial charge >= 0.3 is 5.51 Å². The average molecular weight is 722 g/mol. The van der Waals surface area contributed by atoms with Crippen molar-refractivity contribution in [3.63, 3.8) is 0 Å². The third-order valence-corrected chi connectivity index (χ3v) is 10.0. The molecule has 254 valence electrons. The maximum Gasteiger partial charge on any atom is 0.446 e. The third kappa shape index (κ3) is 9.97. The maximum atomic E-state index is 12.9. The van der Waals surface area contributed by atoms with E-state index in [1.54, 1.807) is 44.2 Å². The zero-order chi connectivity index (χ0) is 35.1. The van der Waals surface area contributed by atoms with Crippen LogP contribution in [0.25, 0.3) is 0 Å². The number of benzene rings is 3. The first kappa shape index (κ1) is 36.3. The largest absolute Gasteiger partial charge is 0.446 e. The minimum absolute atomic E-state index is 0.000570. The quantitative estimate of drug-likeness (QED) is 0.0690. The van der Waals surface area contributed by atoms with Crippen LogP contribution in [0.15, 0.2) is 104 Å². The second-order valence-electron chi connectivity index (χ2n) is 9.74. The van der Waals surface area contributed by atoms with Crippen molar-refractivity contribution >= 4 is 66.5 Å². The molecule has 4 rings (SSSR count). The molecule has 0 aliphatic rings. The summed E-state index contributed by atoms with van der Waals surface area (Å²) in [6.45, 7) is 3.39. The highest BCUT2D eigenvalue weighted by molar-refractivity contribution is 8.00. The van der Waals surface area contributed by atoms with E-state index in [1.165, 1.54) is 62.6 Å². The molecule has 13 nitrogen and oxygen atoms in total. The van der Waals surface area contributed by atoms with Crippen LogP contribution in [0.1, 0.15) is 25.0 Å². The molecule has 0 bridgehead atoms. The van der Waals surface area contributed by atoms with Crippen molar-refractivity contribution in [1.29, 1.82) is 0 Å². The Labute approximate surface area is 279 Å². The number of nitrogens with zero attached hydrogens (tertiary/aromatic N) is 4. The molecule has 1 aromatic heterocycles. The van der Waals surface area contributed by atoms with E-state index in [4.69, 9.17) is 0 Å². The summed E-state index contributed by atoms with van der Waals surface area (Å²) in [5.74, 6) is 0.360. The summed E-state index contributed by atoms with van der Waals surface area (Å²) in [5, 5.41) is 11.6. The minimum Gasteiger partial charge on any atom is -0.324 e. The van der Waals surface area contributed by atoms with Crippen LogP contribution < -0.4 is 25.6 Å². The van der Waals surface area contributed by atoms with E-state index in [1.807, 2.05) is 0 Å². The number of aromatic nitrogens is 2. The van der Waals surface area contributed by atoms with Gasteiger partial charge in [-0.2, -0.15) is 33.3 Å². The molecule has 4 aromatic rings. The number of anilines is 4. The van der Waals surface area contributed by atoms with Gasteiger partial charge in [0.05, 0.1) is 21.2 Å². The standard InChI is InChI=1S/C29H30F3N9O4S3/c1-18(20-8-12-24(13-9-20)47(42,43)33-3)38-40-26-17-27(41-39-19(2)21-10-14-25(15-11-21)48(44,45)34-4)37-28(36-26)35-22-6-5-7-23(16-22)46-29(30,31)32/h5-17,33-34H,1-4H3,(H3,35,36,37,40,41). The number of hydrogen-bond acceptors (Lipinski definition) is 12. The van der Waals surface area contributed by atoms with Gasteiger partial charge < -0.3 is 5.32 Å². The molecule has 48 heavy (non-hydrogen) atoms. The molecule has 19 heteroatoms. The highest BCUT2D eigenvalue weighted by Crippen LogP contribution is 2.37. The summed E-state index contributed by atoms with van der Waals surface area (Å²) in [5.41, 5.74) is 3.67. The van der Waals surface area contributed by atoms with Gasteiger partial charge in [-0.15, -0.1) is 0 Å². The molecule has 0 atom stereocenters. The van der Waals surface area contributed by atoms with Crippen LogP contribution in [0.4, 0.5) is 36.4 Å². The summed E-state index contributed by atoms with van der Waals surface area (Å²) in [4.78, 5) is 8.88. The molecule has 0 aliphatic carbocycles. The van der Waals surface area contributed by atoms with E-state index >= 15 is 0 Å². The van der Waals surface area contributed by atoms with Crippen LogP contribution in [0.2, 0.25) is 0 Å². The summed E-state index contributed by atoms with van der Waals surface area (Å²) in [7, 11) is -4.59. The normalized spacial score (nSPS) is 12.9. The summed E-state index contributed by atoms with van der Waals surface area (Å²) >= 11 is -0.258. The lowest BCUT2D eigenvalue weighted by atomic mass is 10.1. The fraction of sp³-hybridized carbons (Fsp3) is 0.172. The van der Waals surface area contributed by atoms with Crippen LogP contribution in [0.3, 0.4) is 0 Å². The fourth-order valence-electron chi connectivity index (χ4n) is 3.92. The number of sulfonamides is 2. The smallest absolute Gasteiger partial charge is 0.324 e. The minimum atomic E-state index is -4.47. The average Bonchev–Trinajstić information content (AvgIpc) is 3.05. The number of hydrogen-bond donors (Lipinski definition) is 5. The first-order valence-electron chi connectivity index (χ1n) is 13.8. The van der Waals surface area contributed by atoms with E-state index in [-0.39, 0.29) is 44.0 Å². The van der Waals surface area contributed by atoms with Gasteiger partial charge in [-0.05, 0) is 93.3 Å². The lowest BCUT2D eigenvalue weighted by Gasteiger charge is -2.12. The van der Waals surface area contributed by atoms with E-state index in [0.717, 1.165) is 0 Å². The molecule has 5 N–H and O–H groups in total. The van der Waals surface area contributed by atoms with Crippen LogP contribution in [0, 0.1) is 0 Å². The fourth-order valence-corrected chi connectivity index (χ4v) is 5.98. The summed E-state index contributed by atoms with van der Waals surface area (Å²) in [6, 6.07) is 19.2. The van der Waals surface area contributed by atoms with E-state index < -0.39 is 25.6 Å². The second-order valence-corrected chi connectivity index (χ2v) is 14.7. The first-order chi connectivity index (χ1) is 22.6. The summed E-state index contributed by atoms with van der Waals surface area (Å²) in [6.07, 6.45) is 0. The van der Waals surface area contributed by atoms with Crippen molar-refractivity contribution < 1.29 is 30.0 Å². The van der Waals surface area contributed by atoms with Crippen molar-refractivity contribution in [2.75, 3.05) is 30.3 Å². The molecule has 3 aromatic carbocycles. The topological polar surface area (TPSA) is 179 Å². The van der Waals surface area contributed by atoms with Crippen LogP contribution in [0.5, 0.6) is 0 Å². The number of nitrogens with one attached hydrogen (secondary N) is 5. The molecular weight excluding hydrogens is 692 g/mol. The van der Waals surface area contributed by atoms with E-state index in [2.05, 4.69) is 45.8 Å². The molecule has 0 amide bonds. The zero-order valence-corrected chi connectivity index (χ0v) is 28.2. The van der Waals surface area contributed by atoms with Gasteiger partial charge in [0.2, 0.25) is 26.0 Å². The van der Waals surface area contributed by atoms with Crippen LogP contribution in [-0.2, 0) is 20.0 Å². The molecule has 0 radical (unpaired) electrons. The molecule has 0 aliphatic heterocycles. The van der Waals surface area contributed by atoms with Gasteiger partial charge in [0, 0.05) is 16.6 Å².